The Labute approximate surface area is 190 Å². The Morgan fingerprint density at radius 1 is 0.833 bits per heavy atom. The molecule has 1 amide bonds. The van der Waals surface area contributed by atoms with Crippen molar-refractivity contribution in [2.45, 2.75) is 109 Å². The standard InChI is InChI=1S/C26H46N2OS/c1-2-3-4-5-6-7-8-9-10-11-12-13-14-18-21-28-26(29)25(27)23-30-22-24-19-16-15-17-20-24/h15-17,19-20,25H,2-14,18,21-23,27H2,1H3,(H,28,29)/t25-/m0/s1. The molecule has 3 nitrogen and oxygen atoms in total. The van der Waals surface area contributed by atoms with Gasteiger partial charge in [0.2, 0.25) is 5.91 Å². The Morgan fingerprint density at radius 2 is 1.33 bits per heavy atom. The number of nitrogens with two attached hydrogens (primary N) is 1. The fourth-order valence-electron chi connectivity index (χ4n) is 3.62. The van der Waals surface area contributed by atoms with Gasteiger partial charge in [0.05, 0.1) is 6.04 Å². The van der Waals surface area contributed by atoms with Crippen molar-refractivity contribution >= 4 is 17.7 Å². The number of thioether (sulfide) groups is 1. The predicted molar refractivity (Wildman–Crippen MR) is 134 cm³/mol. The van der Waals surface area contributed by atoms with E-state index < -0.39 is 6.04 Å². The van der Waals surface area contributed by atoms with Gasteiger partial charge in [0.25, 0.3) is 0 Å². The number of rotatable bonds is 20. The molecule has 0 fully saturated rings. The second-order valence-electron chi connectivity index (χ2n) is 8.49. The summed E-state index contributed by atoms with van der Waals surface area (Å²) in [6, 6.07) is 9.90. The highest BCUT2D eigenvalue weighted by Crippen LogP contribution is 2.13. The third-order valence-corrected chi connectivity index (χ3v) is 6.71. The normalized spacial score (nSPS) is 12.1. The molecule has 172 valence electrons. The third kappa shape index (κ3) is 15.8. The van der Waals surface area contributed by atoms with Crippen molar-refractivity contribution in [1.82, 2.24) is 5.32 Å². The second kappa shape index (κ2) is 19.9. The molecule has 0 aliphatic rings. The molecule has 0 spiro atoms. The number of carbonyl (C=O) groups excluding carboxylic acids is 1. The molecule has 3 N–H and O–H groups in total. The van der Waals surface area contributed by atoms with Crippen LogP contribution in [0.2, 0.25) is 0 Å². The van der Waals surface area contributed by atoms with Gasteiger partial charge in [-0.2, -0.15) is 11.8 Å². The minimum Gasteiger partial charge on any atom is -0.355 e. The maximum atomic E-state index is 12.1. The molecule has 1 rings (SSSR count). The van der Waals surface area contributed by atoms with Gasteiger partial charge in [-0.25, -0.2) is 0 Å². The molecular formula is C26H46N2OS. The van der Waals surface area contributed by atoms with Crippen LogP contribution in [0, 0.1) is 0 Å². The highest BCUT2D eigenvalue weighted by molar-refractivity contribution is 7.98. The van der Waals surface area contributed by atoms with Gasteiger partial charge in [-0.05, 0) is 12.0 Å². The summed E-state index contributed by atoms with van der Waals surface area (Å²) in [6.45, 7) is 3.04. The van der Waals surface area contributed by atoms with Crippen LogP contribution in [-0.2, 0) is 10.5 Å². The lowest BCUT2D eigenvalue weighted by molar-refractivity contribution is -0.121. The van der Waals surface area contributed by atoms with Gasteiger partial charge < -0.3 is 11.1 Å². The van der Waals surface area contributed by atoms with Crippen molar-refractivity contribution < 1.29 is 4.79 Å². The molecule has 1 atom stereocenters. The van der Waals surface area contributed by atoms with Gasteiger partial charge in [-0.15, -0.1) is 0 Å². The van der Waals surface area contributed by atoms with Crippen molar-refractivity contribution in [1.29, 1.82) is 0 Å². The van der Waals surface area contributed by atoms with Crippen molar-refractivity contribution in [2.24, 2.45) is 5.73 Å². The van der Waals surface area contributed by atoms with E-state index in [0.717, 1.165) is 18.7 Å². The van der Waals surface area contributed by atoms with Crippen LogP contribution in [0.5, 0.6) is 0 Å². The first-order valence-corrected chi connectivity index (χ1v) is 13.5. The molecule has 0 aliphatic carbocycles. The van der Waals surface area contributed by atoms with Gasteiger partial charge in [-0.3, -0.25) is 4.79 Å². The lowest BCUT2D eigenvalue weighted by Gasteiger charge is -2.12. The molecule has 0 aliphatic heterocycles. The maximum absolute atomic E-state index is 12.1. The van der Waals surface area contributed by atoms with E-state index >= 15 is 0 Å². The van der Waals surface area contributed by atoms with E-state index in [4.69, 9.17) is 5.73 Å². The molecule has 0 aromatic heterocycles. The SMILES string of the molecule is CCCCCCCCCCCCCCCCNC(=O)[C@@H](N)CSCc1ccccc1. The van der Waals surface area contributed by atoms with Crippen LogP contribution >= 0.6 is 11.8 Å². The maximum Gasteiger partial charge on any atom is 0.237 e. The zero-order valence-electron chi connectivity index (χ0n) is 19.4. The predicted octanol–water partition coefficient (Wildman–Crippen LogP) is 6.84. The average Bonchev–Trinajstić information content (AvgIpc) is 2.77. The number of carbonyl (C=O) groups is 1. The highest BCUT2D eigenvalue weighted by atomic mass is 32.2. The summed E-state index contributed by atoms with van der Waals surface area (Å²) < 4.78 is 0. The quantitative estimate of drug-likeness (QED) is 0.221. The fourth-order valence-corrected chi connectivity index (χ4v) is 4.57. The molecule has 1 aromatic rings. The number of nitrogens with one attached hydrogen (secondary N) is 1. The first-order chi connectivity index (χ1) is 14.7. The van der Waals surface area contributed by atoms with E-state index in [1.807, 2.05) is 18.2 Å². The van der Waals surface area contributed by atoms with E-state index in [-0.39, 0.29) is 5.91 Å². The highest BCUT2D eigenvalue weighted by Gasteiger charge is 2.12. The number of benzene rings is 1. The van der Waals surface area contributed by atoms with Gasteiger partial charge in [0, 0.05) is 18.1 Å². The molecule has 0 saturated heterocycles. The second-order valence-corrected chi connectivity index (χ2v) is 9.52. The van der Waals surface area contributed by atoms with Crippen molar-refractivity contribution in [2.75, 3.05) is 12.3 Å². The zero-order valence-corrected chi connectivity index (χ0v) is 20.2. The fraction of sp³-hybridized carbons (Fsp3) is 0.731. The van der Waals surface area contributed by atoms with Crippen molar-refractivity contribution in [3.8, 4) is 0 Å². The summed E-state index contributed by atoms with van der Waals surface area (Å²) >= 11 is 1.72. The van der Waals surface area contributed by atoms with Crippen LogP contribution in [0.15, 0.2) is 30.3 Å². The van der Waals surface area contributed by atoms with E-state index in [9.17, 15) is 4.79 Å². The Kier molecular flexibility index (Phi) is 18.0. The Balaban J connectivity index is 1.83. The first-order valence-electron chi connectivity index (χ1n) is 12.4. The van der Waals surface area contributed by atoms with Crippen LogP contribution in [0.1, 0.15) is 102 Å². The Morgan fingerprint density at radius 3 is 1.87 bits per heavy atom. The van der Waals surface area contributed by atoms with Gasteiger partial charge in [0.1, 0.15) is 0 Å². The Bertz CT molecular complexity index is 509. The molecule has 30 heavy (non-hydrogen) atoms. The van der Waals surface area contributed by atoms with Crippen LogP contribution in [-0.4, -0.2) is 24.2 Å². The van der Waals surface area contributed by atoms with Crippen LogP contribution < -0.4 is 11.1 Å². The minimum atomic E-state index is -0.412. The van der Waals surface area contributed by atoms with E-state index in [0.29, 0.717) is 5.75 Å². The van der Waals surface area contributed by atoms with Crippen LogP contribution in [0.4, 0.5) is 0 Å². The minimum absolute atomic E-state index is 0.00902. The van der Waals surface area contributed by atoms with Crippen LogP contribution in [0.3, 0.4) is 0 Å². The lowest BCUT2D eigenvalue weighted by Crippen LogP contribution is -2.42. The molecule has 0 bridgehead atoms. The molecule has 4 heteroatoms. The van der Waals surface area contributed by atoms with E-state index in [1.54, 1.807) is 11.8 Å². The monoisotopic (exact) mass is 434 g/mol. The summed E-state index contributed by atoms with van der Waals surface area (Å²) in [7, 11) is 0. The van der Waals surface area contributed by atoms with Gasteiger partial charge in [-0.1, -0.05) is 121 Å². The molecular weight excluding hydrogens is 388 g/mol. The Hall–Kier alpha value is -1.00. The molecule has 0 saturated carbocycles. The third-order valence-electron chi connectivity index (χ3n) is 5.58. The summed E-state index contributed by atoms with van der Waals surface area (Å²) in [6.07, 6.45) is 18.9. The number of hydrogen-bond acceptors (Lipinski definition) is 3. The van der Waals surface area contributed by atoms with E-state index in [2.05, 4.69) is 24.4 Å². The summed E-state index contributed by atoms with van der Waals surface area (Å²) in [5.74, 6) is 1.56. The number of hydrogen-bond donors (Lipinski definition) is 2. The van der Waals surface area contributed by atoms with Gasteiger partial charge in [0.15, 0.2) is 0 Å². The molecule has 0 unspecified atom stereocenters. The molecule has 0 heterocycles. The number of unbranched alkanes of at least 4 members (excludes halogenated alkanes) is 13. The number of amides is 1. The van der Waals surface area contributed by atoms with Crippen LogP contribution in [0.25, 0.3) is 0 Å². The molecule has 0 radical (unpaired) electrons. The molecule has 1 aromatic carbocycles. The van der Waals surface area contributed by atoms with E-state index in [1.165, 1.54) is 89.0 Å². The van der Waals surface area contributed by atoms with Gasteiger partial charge >= 0.3 is 0 Å². The summed E-state index contributed by atoms with van der Waals surface area (Å²) in [5.41, 5.74) is 7.28. The lowest BCUT2D eigenvalue weighted by atomic mass is 10.0. The average molecular weight is 435 g/mol. The zero-order chi connectivity index (χ0) is 21.7. The smallest absolute Gasteiger partial charge is 0.237 e. The first kappa shape index (κ1) is 27.0. The largest absolute Gasteiger partial charge is 0.355 e. The topological polar surface area (TPSA) is 55.1 Å². The summed E-state index contributed by atoms with van der Waals surface area (Å²) in [4.78, 5) is 12.1. The van der Waals surface area contributed by atoms with Crippen molar-refractivity contribution in [3.05, 3.63) is 35.9 Å². The van der Waals surface area contributed by atoms with Crippen molar-refractivity contribution in [3.63, 3.8) is 0 Å². The summed E-state index contributed by atoms with van der Waals surface area (Å²) in [5, 5.41) is 3.00.